The molecule has 0 fully saturated rings. The monoisotopic (exact) mass is 399 g/mol. The zero-order chi connectivity index (χ0) is 20.1. The number of hydrogen-bond donors (Lipinski definition) is 2. The third-order valence-corrected chi connectivity index (χ3v) is 5.82. The first kappa shape index (κ1) is 19.8. The molecule has 0 aliphatic carbocycles. The van der Waals surface area contributed by atoms with Crippen LogP contribution < -0.4 is 10.0 Å². The summed E-state index contributed by atoms with van der Waals surface area (Å²) in [5.74, 6) is 0.383. The number of nitrogens with zero attached hydrogens (tertiary/aromatic N) is 1. The van der Waals surface area contributed by atoms with Gasteiger partial charge in [-0.25, -0.2) is 17.8 Å². The van der Waals surface area contributed by atoms with Crippen LogP contribution in [0.15, 0.2) is 65.7 Å². The second kappa shape index (κ2) is 8.39. The zero-order valence-electron chi connectivity index (χ0n) is 15.7. The summed E-state index contributed by atoms with van der Waals surface area (Å²) < 4.78 is 40.5. The van der Waals surface area contributed by atoms with Crippen molar-refractivity contribution >= 4 is 21.5 Å². The van der Waals surface area contributed by atoms with Gasteiger partial charge in [0.15, 0.2) is 0 Å². The number of aryl methyl sites for hydroxylation is 2. The first-order valence-corrected chi connectivity index (χ1v) is 10.4. The van der Waals surface area contributed by atoms with Crippen LogP contribution in [0.3, 0.4) is 0 Å². The quantitative estimate of drug-likeness (QED) is 0.622. The lowest BCUT2D eigenvalue weighted by atomic mass is 10.1. The molecule has 5 nitrogen and oxygen atoms in total. The molecule has 28 heavy (non-hydrogen) atoms. The van der Waals surface area contributed by atoms with Crippen LogP contribution in [0.4, 0.5) is 15.9 Å². The average molecular weight is 399 g/mol. The second-order valence-corrected chi connectivity index (χ2v) is 8.27. The van der Waals surface area contributed by atoms with Crippen LogP contribution in [-0.2, 0) is 16.4 Å². The first-order chi connectivity index (χ1) is 13.3. The minimum absolute atomic E-state index is 0.220. The van der Waals surface area contributed by atoms with E-state index in [9.17, 15) is 12.8 Å². The molecule has 2 aromatic carbocycles. The maximum Gasteiger partial charge on any atom is 0.261 e. The average Bonchev–Trinajstić information content (AvgIpc) is 2.66. The maximum atomic E-state index is 12.9. The van der Waals surface area contributed by atoms with Gasteiger partial charge in [0.25, 0.3) is 10.0 Å². The molecule has 0 aliphatic rings. The molecule has 7 heteroatoms. The number of sulfonamides is 1. The third kappa shape index (κ3) is 5.07. The summed E-state index contributed by atoms with van der Waals surface area (Å²) in [5, 5.41) is 3.16. The SMILES string of the molecule is Cc1ccc(S(=O)(=O)Nc2ccc(NCCc3ccc(F)cc3)nc2)cc1C. The fourth-order valence-corrected chi connectivity index (χ4v) is 3.77. The molecule has 0 saturated heterocycles. The van der Waals surface area contributed by atoms with Crippen LogP contribution in [0.25, 0.3) is 0 Å². The molecule has 0 bridgehead atoms. The van der Waals surface area contributed by atoms with Crippen LogP contribution in [0.5, 0.6) is 0 Å². The molecule has 0 spiro atoms. The Morgan fingerprint density at radius 3 is 2.36 bits per heavy atom. The van der Waals surface area contributed by atoms with Crippen molar-refractivity contribution in [2.45, 2.75) is 25.2 Å². The van der Waals surface area contributed by atoms with Crippen molar-refractivity contribution < 1.29 is 12.8 Å². The number of pyridine rings is 1. The molecule has 2 N–H and O–H groups in total. The van der Waals surface area contributed by atoms with Gasteiger partial charge in [0.2, 0.25) is 0 Å². The highest BCUT2D eigenvalue weighted by Gasteiger charge is 2.15. The standard InChI is InChI=1S/C21H22FN3O2S/c1-15-3-9-20(13-16(15)2)28(26,27)25-19-8-10-21(24-14-19)23-12-11-17-4-6-18(22)7-5-17/h3-10,13-14,25H,11-12H2,1-2H3,(H,23,24). The number of nitrogens with one attached hydrogen (secondary N) is 2. The highest BCUT2D eigenvalue weighted by molar-refractivity contribution is 7.92. The molecule has 146 valence electrons. The lowest BCUT2D eigenvalue weighted by molar-refractivity contribution is 0.601. The minimum Gasteiger partial charge on any atom is -0.370 e. The van der Waals surface area contributed by atoms with E-state index in [4.69, 9.17) is 0 Å². The van der Waals surface area contributed by atoms with Gasteiger partial charge in [0.05, 0.1) is 16.8 Å². The van der Waals surface area contributed by atoms with Gasteiger partial charge in [-0.15, -0.1) is 0 Å². The Labute approximate surface area is 164 Å². The summed E-state index contributed by atoms with van der Waals surface area (Å²) in [4.78, 5) is 4.45. The Balaban J connectivity index is 1.59. The van der Waals surface area contributed by atoms with Gasteiger partial charge in [0.1, 0.15) is 11.6 Å². The smallest absolute Gasteiger partial charge is 0.261 e. The fraction of sp³-hybridized carbons (Fsp3) is 0.190. The normalized spacial score (nSPS) is 11.2. The summed E-state index contributed by atoms with van der Waals surface area (Å²) in [6.45, 7) is 4.44. The highest BCUT2D eigenvalue weighted by atomic mass is 32.2. The van der Waals surface area contributed by atoms with Crippen LogP contribution in [-0.4, -0.2) is 19.9 Å². The number of anilines is 2. The molecule has 0 saturated carbocycles. The molecule has 0 amide bonds. The molecule has 3 aromatic rings. The van der Waals surface area contributed by atoms with Gasteiger partial charge >= 0.3 is 0 Å². The first-order valence-electron chi connectivity index (χ1n) is 8.88. The Morgan fingerprint density at radius 2 is 1.71 bits per heavy atom. The van der Waals surface area contributed by atoms with Crippen molar-refractivity contribution in [2.24, 2.45) is 0 Å². The molecule has 0 radical (unpaired) electrons. The highest BCUT2D eigenvalue weighted by Crippen LogP contribution is 2.19. The van der Waals surface area contributed by atoms with Crippen molar-refractivity contribution in [3.05, 3.63) is 83.3 Å². The minimum atomic E-state index is -3.66. The molecule has 3 rings (SSSR count). The van der Waals surface area contributed by atoms with Crippen molar-refractivity contribution in [1.82, 2.24) is 4.98 Å². The van der Waals surface area contributed by atoms with E-state index in [1.165, 1.54) is 18.3 Å². The van der Waals surface area contributed by atoms with Crippen LogP contribution in [0.1, 0.15) is 16.7 Å². The number of rotatable bonds is 7. The summed E-state index contributed by atoms with van der Waals surface area (Å²) in [5.41, 5.74) is 3.37. The lowest BCUT2D eigenvalue weighted by Crippen LogP contribution is -2.13. The molecule has 1 heterocycles. The number of aromatic nitrogens is 1. The van der Waals surface area contributed by atoms with Crippen LogP contribution >= 0.6 is 0 Å². The van der Waals surface area contributed by atoms with Gasteiger partial charge in [0, 0.05) is 6.54 Å². The van der Waals surface area contributed by atoms with Crippen molar-refractivity contribution in [2.75, 3.05) is 16.6 Å². The van der Waals surface area contributed by atoms with Gasteiger partial charge in [-0.05, 0) is 73.4 Å². The van der Waals surface area contributed by atoms with Crippen molar-refractivity contribution in [3.63, 3.8) is 0 Å². The van der Waals surface area contributed by atoms with Gasteiger partial charge in [-0.3, -0.25) is 4.72 Å². The van der Waals surface area contributed by atoms with E-state index in [-0.39, 0.29) is 10.7 Å². The molecular formula is C21H22FN3O2S. The molecule has 0 aliphatic heterocycles. The van der Waals surface area contributed by atoms with E-state index >= 15 is 0 Å². The largest absolute Gasteiger partial charge is 0.370 e. The van der Waals surface area contributed by atoms with Crippen LogP contribution in [0.2, 0.25) is 0 Å². The summed E-state index contributed by atoms with van der Waals surface area (Å²) in [6.07, 6.45) is 2.20. The van der Waals surface area contributed by atoms with E-state index in [1.54, 1.807) is 42.5 Å². The number of halogens is 1. The lowest BCUT2D eigenvalue weighted by Gasteiger charge is -2.10. The van der Waals surface area contributed by atoms with E-state index in [2.05, 4.69) is 15.0 Å². The topological polar surface area (TPSA) is 71.1 Å². The van der Waals surface area contributed by atoms with Gasteiger partial charge in [-0.2, -0.15) is 0 Å². The number of hydrogen-bond acceptors (Lipinski definition) is 4. The predicted octanol–water partition coefficient (Wildman–Crippen LogP) is 4.29. The van der Waals surface area contributed by atoms with Gasteiger partial charge in [-0.1, -0.05) is 18.2 Å². The Bertz CT molecular complexity index is 1050. The van der Waals surface area contributed by atoms with E-state index in [0.717, 1.165) is 23.1 Å². The Morgan fingerprint density at radius 1 is 0.964 bits per heavy atom. The van der Waals surface area contributed by atoms with E-state index in [1.807, 2.05) is 13.8 Å². The Hall–Kier alpha value is -2.93. The summed E-state index contributed by atoms with van der Waals surface area (Å²) >= 11 is 0. The van der Waals surface area contributed by atoms with E-state index in [0.29, 0.717) is 18.1 Å². The Kier molecular flexibility index (Phi) is 5.94. The molecule has 1 aromatic heterocycles. The molecule has 0 atom stereocenters. The van der Waals surface area contributed by atoms with Gasteiger partial charge < -0.3 is 5.32 Å². The van der Waals surface area contributed by atoms with Crippen LogP contribution in [0, 0.1) is 19.7 Å². The summed E-state index contributed by atoms with van der Waals surface area (Å²) in [6, 6.07) is 14.8. The maximum absolute atomic E-state index is 12.9. The van der Waals surface area contributed by atoms with E-state index < -0.39 is 10.0 Å². The van der Waals surface area contributed by atoms with Crippen molar-refractivity contribution in [1.29, 1.82) is 0 Å². The predicted molar refractivity (Wildman–Crippen MR) is 110 cm³/mol. The zero-order valence-corrected chi connectivity index (χ0v) is 16.6. The fourth-order valence-electron chi connectivity index (χ4n) is 2.64. The van der Waals surface area contributed by atoms with Crippen molar-refractivity contribution in [3.8, 4) is 0 Å². The number of benzene rings is 2. The summed E-state index contributed by atoms with van der Waals surface area (Å²) in [7, 11) is -3.66. The third-order valence-electron chi connectivity index (χ3n) is 4.44. The molecular weight excluding hydrogens is 377 g/mol. The second-order valence-electron chi connectivity index (χ2n) is 6.59. The molecule has 0 unspecified atom stereocenters.